The number of halogens is 3. The predicted octanol–water partition coefficient (Wildman–Crippen LogP) is 10.3. The highest BCUT2D eigenvalue weighted by atomic mass is 32.1. The number of rotatable bonds is 7. The Balaban J connectivity index is 1.81. The van der Waals surface area contributed by atoms with Gasteiger partial charge in [-0.3, -0.25) is 0 Å². The van der Waals surface area contributed by atoms with Gasteiger partial charge in [0.25, 0.3) is 0 Å². The molecule has 0 N–H and O–H groups in total. The number of alkyl halides is 3. The third-order valence-electron chi connectivity index (χ3n) is 7.12. The number of anilines is 2. The van der Waals surface area contributed by atoms with Crippen LogP contribution in [0.25, 0.3) is 20.2 Å². The Morgan fingerprint density at radius 1 is 0.765 bits per heavy atom. The van der Waals surface area contributed by atoms with Gasteiger partial charge in [-0.1, -0.05) is 39.0 Å². The molecule has 0 atom stereocenters. The Bertz CT molecular complexity index is 1280. The molecule has 0 amide bonds. The number of fused-ring (bicyclic) bond motifs is 3. The Morgan fingerprint density at radius 2 is 1.32 bits per heavy atom. The second kappa shape index (κ2) is 9.26. The molecule has 0 unspecified atom stereocenters. The van der Waals surface area contributed by atoms with Crippen molar-refractivity contribution in [3.05, 3.63) is 71.8 Å². The summed E-state index contributed by atoms with van der Waals surface area (Å²) in [4.78, 5) is 2.16. The summed E-state index contributed by atoms with van der Waals surface area (Å²) in [5, 5.41) is 2.48. The summed E-state index contributed by atoms with van der Waals surface area (Å²) in [6.07, 6.45) is -1.24. The molecule has 3 aromatic carbocycles. The van der Waals surface area contributed by atoms with E-state index in [2.05, 4.69) is 75.9 Å². The maximum absolute atomic E-state index is 13.1. The molecule has 0 aliphatic carbocycles. The van der Waals surface area contributed by atoms with Crippen molar-refractivity contribution in [2.45, 2.75) is 71.5 Å². The molecule has 0 saturated carbocycles. The van der Waals surface area contributed by atoms with Gasteiger partial charge in [0.15, 0.2) is 0 Å². The van der Waals surface area contributed by atoms with E-state index in [1.54, 1.807) is 23.5 Å². The van der Waals surface area contributed by atoms with Gasteiger partial charge in [-0.15, -0.1) is 11.3 Å². The van der Waals surface area contributed by atoms with Gasteiger partial charge < -0.3 is 4.90 Å². The van der Waals surface area contributed by atoms with Crippen molar-refractivity contribution < 1.29 is 13.2 Å². The Kier molecular flexibility index (Phi) is 6.69. The van der Waals surface area contributed by atoms with Gasteiger partial charge in [-0.25, -0.2) is 0 Å². The van der Waals surface area contributed by atoms with Crippen LogP contribution in [-0.4, -0.2) is 5.54 Å². The van der Waals surface area contributed by atoms with Crippen LogP contribution in [0, 0.1) is 0 Å². The molecule has 0 fully saturated rings. The van der Waals surface area contributed by atoms with E-state index in [-0.39, 0.29) is 5.54 Å². The van der Waals surface area contributed by atoms with Crippen LogP contribution in [0.4, 0.5) is 24.5 Å². The van der Waals surface area contributed by atoms with E-state index >= 15 is 0 Å². The summed E-state index contributed by atoms with van der Waals surface area (Å²) >= 11 is 1.79. The zero-order valence-corrected chi connectivity index (χ0v) is 21.3. The molecule has 0 saturated heterocycles. The maximum Gasteiger partial charge on any atom is 0.416 e. The molecule has 5 heteroatoms. The Labute approximate surface area is 204 Å². The summed E-state index contributed by atoms with van der Waals surface area (Å²) in [6.45, 7) is 10.8. The SMILES string of the molecule is CCC(CC)c1ccc2c(c1)sc1cc(N(c3ccc(C(F)(F)F)cc3)C(C)(C)CC)ccc12. The number of benzene rings is 3. The van der Waals surface area contributed by atoms with E-state index in [1.165, 1.54) is 37.9 Å². The van der Waals surface area contributed by atoms with E-state index < -0.39 is 11.7 Å². The van der Waals surface area contributed by atoms with E-state index in [1.807, 2.05) is 0 Å². The molecule has 4 rings (SSSR count). The molecule has 4 aromatic rings. The first kappa shape index (κ1) is 24.6. The van der Waals surface area contributed by atoms with Crippen molar-refractivity contribution in [3.8, 4) is 0 Å². The first-order chi connectivity index (χ1) is 16.1. The summed E-state index contributed by atoms with van der Waals surface area (Å²) in [6, 6.07) is 18.8. The normalized spacial score (nSPS) is 12.7. The summed E-state index contributed by atoms with van der Waals surface area (Å²) in [5.74, 6) is 0.575. The fourth-order valence-electron chi connectivity index (χ4n) is 4.74. The predicted molar refractivity (Wildman–Crippen MR) is 141 cm³/mol. The smallest absolute Gasteiger partial charge is 0.336 e. The second-order valence-corrected chi connectivity index (χ2v) is 10.7. The van der Waals surface area contributed by atoms with Crippen LogP contribution in [-0.2, 0) is 6.18 Å². The highest BCUT2D eigenvalue weighted by Crippen LogP contribution is 2.42. The standard InChI is InChI=1S/C29H32F3NS/c1-6-19(7-2)20-9-15-24-25-16-14-23(18-27(25)34-26(24)17-20)33(28(4,5)8-3)22-12-10-21(11-13-22)29(30,31)32/h9-19H,6-8H2,1-5H3. The number of hydrogen-bond acceptors (Lipinski definition) is 2. The van der Waals surface area contributed by atoms with Crippen LogP contribution in [0.1, 0.15) is 70.9 Å². The van der Waals surface area contributed by atoms with Gasteiger partial charge in [0.2, 0.25) is 0 Å². The van der Waals surface area contributed by atoms with E-state index in [9.17, 15) is 13.2 Å². The van der Waals surface area contributed by atoms with Crippen molar-refractivity contribution in [3.63, 3.8) is 0 Å². The largest absolute Gasteiger partial charge is 0.416 e. The van der Waals surface area contributed by atoms with Crippen molar-refractivity contribution in [1.82, 2.24) is 0 Å². The van der Waals surface area contributed by atoms with Gasteiger partial charge in [0.05, 0.1) is 5.56 Å². The van der Waals surface area contributed by atoms with Crippen LogP contribution in [0.15, 0.2) is 60.7 Å². The first-order valence-electron chi connectivity index (χ1n) is 12.0. The van der Waals surface area contributed by atoms with Gasteiger partial charge in [-0.05, 0) is 87.1 Å². The van der Waals surface area contributed by atoms with Crippen molar-refractivity contribution in [2.75, 3.05) is 4.90 Å². The highest BCUT2D eigenvalue weighted by Gasteiger charge is 2.32. The minimum absolute atomic E-state index is 0.271. The summed E-state index contributed by atoms with van der Waals surface area (Å²) in [7, 11) is 0. The average Bonchev–Trinajstić information content (AvgIpc) is 3.17. The van der Waals surface area contributed by atoms with Crippen LogP contribution in [0.3, 0.4) is 0 Å². The van der Waals surface area contributed by atoms with Crippen LogP contribution in [0.2, 0.25) is 0 Å². The monoisotopic (exact) mass is 483 g/mol. The third kappa shape index (κ3) is 4.55. The van der Waals surface area contributed by atoms with Crippen LogP contribution >= 0.6 is 11.3 Å². The molecule has 180 valence electrons. The van der Waals surface area contributed by atoms with E-state index in [0.29, 0.717) is 5.92 Å². The number of hydrogen-bond donors (Lipinski definition) is 0. The molecule has 0 aliphatic heterocycles. The zero-order chi connectivity index (χ0) is 24.7. The van der Waals surface area contributed by atoms with E-state index in [0.717, 1.165) is 30.6 Å². The number of thiophene rings is 1. The molecular formula is C29H32F3NS. The Morgan fingerprint density at radius 3 is 1.88 bits per heavy atom. The van der Waals surface area contributed by atoms with E-state index in [4.69, 9.17) is 0 Å². The average molecular weight is 484 g/mol. The highest BCUT2D eigenvalue weighted by molar-refractivity contribution is 7.25. The van der Waals surface area contributed by atoms with Crippen LogP contribution in [0.5, 0.6) is 0 Å². The summed E-state index contributed by atoms with van der Waals surface area (Å²) in [5.41, 5.74) is 2.25. The summed E-state index contributed by atoms with van der Waals surface area (Å²) < 4.78 is 41.9. The molecule has 34 heavy (non-hydrogen) atoms. The lowest BCUT2D eigenvalue weighted by Gasteiger charge is -2.40. The lowest BCUT2D eigenvalue weighted by molar-refractivity contribution is -0.137. The molecule has 0 spiro atoms. The topological polar surface area (TPSA) is 3.24 Å². The van der Waals surface area contributed by atoms with Gasteiger partial charge in [-0.2, -0.15) is 13.2 Å². The molecule has 1 aromatic heterocycles. The third-order valence-corrected chi connectivity index (χ3v) is 8.23. The molecule has 1 heterocycles. The van der Waals surface area contributed by atoms with Gasteiger partial charge in [0.1, 0.15) is 0 Å². The van der Waals surface area contributed by atoms with Gasteiger partial charge >= 0.3 is 6.18 Å². The molecular weight excluding hydrogens is 451 g/mol. The molecule has 0 aliphatic rings. The van der Waals surface area contributed by atoms with Gasteiger partial charge in [0, 0.05) is 37.1 Å². The van der Waals surface area contributed by atoms with Crippen LogP contribution < -0.4 is 4.90 Å². The quantitative estimate of drug-likeness (QED) is 0.253. The number of nitrogens with zero attached hydrogens (tertiary/aromatic N) is 1. The van der Waals surface area contributed by atoms with Crippen molar-refractivity contribution >= 4 is 42.9 Å². The van der Waals surface area contributed by atoms with Crippen molar-refractivity contribution in [2.24, 2.45) is 0 Å². The minimum Gasteiger partial charge on any atom is -0.336 e. The minimum atomic E-state index is -4.34. The maximum atomic E-state index is 13.1. The molecule has 0 radical (unpaired) electrons. The fraction of sp³-hybridized carbons (Fsp3) is 0.379. The lowest BCUT2D eigenvalue weighted by atomic mass is 9.93. The molecule has 0 bridgehead atoms. The second-order valence-electron chi connectivity index (χ2n) is 9.60. The zero-order valence-electron chi connectivity index (χ0n) is 20.5. The lowest BCUT2D eigenvalue weighted by Crippen LogP contribution is -2.40. The van der Waals surface area contributed by atoms with Crippen molar-refractivity contribution in [1.29, 1.82) is 0 Å². The first-order valence-corrected chi connectivity index (χ1v) is 12.8. The Hall–Kier alpha value is -2.53. The molecule has 1 nitrogen and oxygen atoms in total. The fourth-order valence-corrected chi connectivity index (χ4v) is 5.93.